The summed E-state index contributed by atoms with van der Waals surface area (Å²) < 4.78 is 18.2. The number of nitrogens with zero attached hydrogens (tertiary/aromatic N) is 1. The maximum absolute atomic E-state index is 12.2. The first-order valence-corrected chi connectivity index (χ1v) is 13.7. The Balaban J connectivity index is 1.39. The van der Waals surface area contributed by atoms with Crippen molar-refractivity contribution in [3.63, 3.8) is 0 Å². The molecule has 0 aliphatic carbocycles. The van der Waals surface area contributed by atoms with Crippen LogP contribution in [0.1, 0.15) is 68.1 Å². The van der Waals surface area contributed by atoms with E-state index in [4.69, 9.17) is 14.2 Å². The smallest absolute Gasteiger partial charge is 0.307 e. The quantitative estimate of drug-likeness (QED) is 0.276. The van der Waals surface area contributed by atoms with E-state index in [1.807, 2.05) is 26.8 Å². The standard InChI is InChI=1S/C33H41NO4/c1-25-23-28(37-30(27-13-9-6-10-14-27)18-15-26-11-7-5-8-12-26)16-17-29(25)31-24-34(21-22-36-31)20-19-32(35)38-33(2,3)4/h5-14,16-17,23,30-31H,15,18-22,24H2,1-4H3. The normalized spacial score (nSPS) is 17.1. The van der Waals surface area contributed by atoms with Crippen molar-refractivity contribution in [2.24, 2.45) is 0 Å². The third kappa shape index (κ3) is 8.44. The molecule has 0 radical (unpaired) electrons. The van der Waals surface area contributed by atoms with Crippen LogP contribution in [0.25, 0.3) is 0 Å². The number of hydrogen-bond acceptors (Lipinski definition) is 5. The van der Waals surface area contributed by atoms with E-state index in [0.29, 0.717) is 19.6 Å². The topological polar surface area (TPSA) is 48.0 Å². The average molecular weight is 516 g/mol. The Bertz CT molecular complexity index is 1160. The molecule has 1 saturated heterocycles. The Morgan fingerprint density at radius 3 is 2.42 bits per heavy atom. The van der Waals surface area contributed by atoms with E-state index in [2.05, 4.69) is 84.6 Å². The summed E-state index contributed by atoms with van der Waals surface area (Å²) in [6.45, 7) is 10.7. The van der Waals surface area contributed by atoms with Crippen LogP contribution in [0.15, 0.2) is 78.9 Å². The molecule has 0 saturated carbocycles. The number of carbonyl (C=O) groups excluding carboxylic acids is 1. The molecule has 1 fully saturated rings. The molecule has 2 atom stereocenters. The van der Waals surface area contributed by atoms with Crippen LogP contribution in [0.2, 0.25) is 0 Å². The van der Waals surface area contributed by atoms with Crippen LogP contribution in [0, 0.1) is 6.92 Å². The van der Waals surface area contributed by atoms with Gasteiger partial charge in [-0.2, -0.15) is 0 Å². The summed E-state index contributed by atoms with van der Waals surface area (Å²) in [4.78, 5) is 14.5. The number of esters is 1. The molecule has 3 aromatic rings. The Labute approximate surface area is 227 Å². The number of rotatable bonds is 10. The highest BCUT2D eigenvalue weighted by atomic mass is 16.6. The van der Waals surface area contributed by atoms with Gasteiger partial charge in [0, 0.05) is 19.6 Å². The predicted molar refractivity (Wildman–Crippen MR) is 151 cm³/mol. The second kappa shape index (κ2) is 13.1. The summed E-state index contributed by atoms with van der Waals surface area (Å²) in [5.74, 6) is 0.712. The molecule has 2 unspecified atom stereocenters. The summed E-state index contributed by atoms with van der Waals surface area (Å²) >= 11 is 0. The Hall–Kier alpha value is -3.15. The second-order valence-corrected chi connectivity index (χ2v) is 11.1. The van der Waals surface area contributed by atoms with E-state index >= 15 is 0 Å². The van der Waals surface area contributed by atoms with E-state index in [1.54, 1.807) is 0 Å². The number of hydrogen-bond donors (Lipinski definition) is 0. The first-order valence-electron chi connectivity index (χ1n) is 13.7. The van der Waals surface area contributed by atoms with E-state index < -0.39 is 5.60 Å². The zero-order chi connectivity index (χ0) is 27.0. The number of morpholine rings is 1. The summed E-state index contributed by atoms with van der Waals surface area (Å²) in [6.07, 6.45) is 2.18. The second-order valence-electron chi connectivity index (χ2n) is 11.1. The van der Waals surface area contributed by atoms with Crippen LogP contribution in [0.5, 0.6) is 5.75 Å². The lowest BCUT2D eigenvalue weighted by molar-refractivity contribution is -0.155. The van der Waals surface area contributed by atoms with Gasteiger partial charge >= 0.3 is 5.97 Å². The van der Waals surface area contributed by atoms with E-state index in [1.165, 1.54) is 16.7 Å². The van der Waals surface area contributed by atoms with E-state index in [0.717, 1.165) is 37.2 Å². The first-order chi connectivity index (χ1) is 18.3. The van der Waals surface area contributed by atoms with Crippen LogP contribution in [0.3, 0.4) is 0 Å². The minimum absolute atomic E-state index is 0.0283. The largest absolute Gasteiger partial charge is 0.486 e. The Morgan fingerprint density at radius 2 is 1.74 bits per heavy atom. The van der Waals surface area contributed by atoms with Gasteiger partial charge in [0.05, 0.1) is 19.1 Å². The van der Waals surface area contributed by atoms with Gasteiger partial charge < -0.3 is 14.2 Å². The third-order valence-corrected chi connectivity index (χ3v) is 6.78. The highest BCUT2D eigenvalue weighted by molar-refractivity contribution is 5.70. The highest BCUT2D eigenvalue weighted by Crippen LogP contribution is 2.31. The monoisotopic (exact) mass is 515 g/mol. The number of carbonyl (C=O) groups is 1. The van der Waals surface area contributed by atoms with Gasteiger partial charge in [-0.3, -0.25) is 9.69 Å². The van der Waals surface area contributed by atoms with Crippen molar-refractivity contribution in [1.82, 2.24) is 4.90 Å². The number of ether oxygens (including phenoxy) is 3. The fraction of sp³-hybridized carbons (Fsp3) is 0.424. The van der Waals surface area contributed by atoms with Gasteiger partial charge in [-0.1, -0.05) is 66.7 Å². The van der Waals surface area contributed by atoms with E-state index in [9.17, 15) is 4.79 Å². The van der Waals surface area contributed by atoms with Gasteiger partial charge in [-0.15, -0.1) is 0 Å². The summed E-state index contributed by atoms with van der Waals surface area (Å²) in [6, 6.07) is 27.3. The molecular weight excluding hydrogens is 474 g/mol. The molecular formula is C33H41NO4. The van der Waals surface area contributed by atoms with Crippen LogP contribution < -0.4 is 4.74 Å². The highest BCUT2D eigenvalue weighted by Gasteiger charge is 2.25. The lowest BCUT2D eigenvalue weighted by Crippen LogP contribution is -2.40. The van der Waals surface area contributed by atoms with Gasteiger partial charge in [0.1, 0.15) is 17.5 Å². The van der Waals surface area contributed by atoms with Crippen LogP contribution in [0.4, 0.5) is 0 Å². The summed E-state index contributed by atoms with van der Waals surface area (Å²) in [5.41, 5.74) is 4.36. The van der Waals surface area contributed by atoms with Gasteiger partial charge in [-0.25, -0.2) is 0 Å². The lowest BCUT2D eigenvalue weighted by atomic mass is 10.00. The average Bonchev–Trinajstić information content (AvgIpc) is 2.90. The van der Waals surface area contributed by atoms with Crippen LogP contribution >= 0.6 is 0 Å². The van der Waals surface area contributed by atoms with Crippen molar-refractivity contribution >= 4 is 5.97 Å². The Morgan fingerprint density at radius 1 is 1.03 bits per heavy atom. The molecule has 0 spiro atoms. The minimum Gasteiger partial charge on any atom is -0.486 e. The molecule has 0 aromatic heterocycles. The lowest BCUT2D eigenvalue weighted by Gasteiger charge is -2.34. The fourth-order valence-electron chi connectivity index (χ4n) is 4.89. The molecule has 5 nitrogen and oxygen atoms in total. The molecule has 1 aliphatic rings. The third-order valence-electron chi connectivity index (χ3n) is 6.78. The number of aryl methyl sites for hydroxylation is 2. The molecule has 1 heterocycles. The molecule has 3 aromatic carbocycles. The summed E-state index contributed by atoms with van der Waals surface area (Å²) in [5, 5.41) is 0. The van der Waals surface area contributed by atoms with Gasteiger partial charge in [-0.05, 0) is 74.9 Å². The molecule has 0 N–H and O–H groups in total. The minimum atomic E-state index is -0.452. The molecule has 5 heteroatoms. The summed E-state index contributed by atoms with van der Waals surface area (Å²) in [7, 11) is 0. The molecule has 1 aliphatic heterocycles. The van der Waals surface area contributed by atoms with Gasteiger partial charge in [0.15, 0.2) is 0 Å². The molecule has 0 amide bonds. The molecule has 0 bridgehead atoms. The van der Waals surface area contributed by atoms with Gasteiger partial charge in [0.2, 0.25) is 0 Å². The van der Waals surface area contributed by atoms with Crippen molar-refractivity contribution in [3.8, 4) is 5.75 Å². The maximum atomic E-state index is 12.2. The fourth-order valence-corrected chi connectivity index (χ4v) is 4.89. The Kier molecular flexibility index (Phi) is 9.59. The SMILES string of the molecule is Cc1cc(OC(CCc2ccccc2)c2ccccc2)ccc1C1CN(CCC(=O)OC(C)(C)C)CCO1. The van der Waals surface area contributed by atoms with Crippen LogP contribution in [-0.4, -0.2) is 42.7 Å². The zero-order valence-corrected chi connectivity index (χ0v) is 23.2. The van der Waals surface area contributed by atoms with E-state index in [-0.39, 0.29) is 18.2 Å². The van der Waals surface area contributed by atoms with Crippen LogP contribution in [-0.2, 0) is 20.7 Å². The van der Waals surface area contributed by atoms with Crippen molar-refractivity contribution in [2.45, 2.75) is 64.8 Å². The van der Waals surface area contributed by atoms with Crippen molar-refractivity contribution < 1.29 is 19.0 Å². The molecule has 202 valence electrons. The van der Waals surface area contributed by atoms with Crippen molar-refractivity contribution in [3.05, 3.63) is 101 Å². The van der Waals surface area contributed by atoms with Gasteiger partial charge in [0.25, 0.3) is 0 Å². The predicted octanol–water partition coefficient (Wildman–Crippen LogP) is 6.85. The zero-order valence-electron chi connectivity index (χ0n) is 23.2. The first kappa shape index (κ1) is 27.9. The number of benzene rings is 3. The molecule has 4 rings (SSSR count). The molecule has 38 heavy (non-hydrogen) atoms. The van der Waals surface area contributed by atoms with Crippen molar-refractivity contribution in [2.75, 3.05) is 26.2 Å². The maximum Gasteiger partial charge on any atom is 0.307 e. The van der Waals surface area contributed by atoms with Crippen molar-refractivity contribution in [1.29, 1.82) is 0 Å².